The quantitative estimate of drug-likeness (QED) is 0.521. The predicted molar refractivity (Wildman–Crippen MR) is 123 cm³/mol. The van der Waals surface area contributed by atoms with E-state index < -0.39 is 10.0 Å². The fourth-order valence-corrected chi connectivity index (χ4v) is 4.92. The maximum Gasteiger partial charge on any atom is 0.243 e. The molecule has 0 saturated carbocycles. The zero-order valence-corrected chi connectivity index (χ0v) is 18.6. The lowest BCUT2D eigenvalue weighted by Crippen LogP contribution is -2.40. The monoisotopic (exact) mass is 455 g/mol. The first kappa shape index (κ1) is 21.9. The van der Waals surface area contributed by atoms with Gasteiger partial charge in [0.05, 0.1) is 42.7 Å². The van der Waals surface area contributed by atoms with Gasteiger partial charge in [-0.3, -0.25) is 14.2 Å². The molecule has 10 nitrogen and oxygen atoms in total. The van der Waals surface area contributed by atoms with Crippen molar-refractivity contribution in [2.75, 3.05) is 31.6 Å². The number of nitrogens with zero attached hydrogens (tertiary/aromatic N) is 6. The standard InChI is InChI=1S/C21H25N7O3S/c1-22-6-7-28-20(17-13-25-26(2)16-17)14-24-21(28)15-23-18-4-3-5-19(12-18)32(29,30)27-8-10-31-11-9-27/h3-7,12-14,16,23H,1,8-11,15H2,2H3/b7-6-. The van der Waals surface area contributed by atoms with Crippen LogP contribution in [0.4, 0.5) is 5.69 Å². The van der Waals surface area contributed by atoms with Crippen molar-refractivity contribution in [2.45, 2.75) is 11.4 Å². The van der Waals surface area contributed by atoms with Crippen LogP contribution >= 0.6 is 0 Å². The summed E-state index contributed by atoms with van der Waals surface area (Å²) in [7, 11) is -1.71. The molecule has 1 N–H and O–H groups in total. The number of rotatable bonds is 8. The molecule has 2 aromatic heterocycles. The van der Waals surface area contributed by atoms with Crippen molar-refractivity contribution in [3.05, 3.63) is 54.9 Å². The Balaban J connectivity index is 1.55. The van der Waals surface area contributed by atoms with Crippen LogP contribution in [-0.2, 0) is 28.4 Å². The van der Waals surface area contributed by atoms with Crippen LogP contribution in [0.1, 0.15) is 5.82 Å². The van der Waals surface area contributed by atoms with E-state index in [1.807, 2.05) is 23.9 Å². The lowest BCUT2D eigenvalue weighted by molar-refractivity contribution is 0.0730. The lowest BCUT2D eigenvalue weighted by Gasteiger charge is -2.26. The van der Waals surface area contributed by atoms with E-state index in [4.69, 9.17) is 4.74 Å². The van der Waals surface area contributed by atoms with E-state index in [0.29, 0.717) is 38.5 Å². The third-order valence-electron chi connectivity index (χ3n) is 5.09. The van der Waals surface area contributed by atoms with E-state index in [1.54, 1.807) is 47.7 Å². The Morgan fingerprint density at radius 1 is 1.28 bits per heavy atom. The zero-order chi connectivity index (χ0) is 22.6. The molecule has 0 atom stereocenters. The second-order valence-electron chi connectivity index (χ2n) is 7.21. The number of aromatic nitrogens is 4. The van der Waals surface area contributed by atoms with E-state index >= 15 is 0 Å². The number of nitrogens with one attached hydrogen (secondary N) is 1. The van der Waals surface area contributed by atoms with Gasteiger partial charge in [0.1, 0.15) is 5.82 Å². The van der Waals surface area contributed by atoms with Gasteiger partial charge >= 0.3 is 0 Å². The summed E-state index contributed by atoms with van der Waals surface area (Å²) < 4.78 is 36.2. The van der Waals surface area contributed by atoms with Crippen molar-refractivity contribution in [3.63, 3.8) is 0 Å². The second kappa shape index (κ2) is 9.47. The maximum atomic E-state index is 12.9. The Morgan fingerprint density at radius 3 is 2.81 bits per heavy atom. The molecule has 0 bridgehead atoms. The molecule has 11 heteroatoms. The average molecular weight is 456 g/mol. The molecular weight excluding hydrogens is 430 g/mol. The highest BCUT2D eigenvalue weighted by molar-refractivity contribution is 7.89. The summed E-state index contributed by atoms with van der Waals surface area (Å²) in [6, 6.07) is 6.80. The zero-order valence-electron chi connectivity index (χ0n) is 17.8. The molecule has 0 radical (unpaired) electrons. The third-order valence-corrected chi connectivity index (χ3v) is 6.98. The summed E-state index contributed by atoms with van der Waals surface area (Å²) in [5, 5.41) is 7.49. The first-order valence-corrected chi connectivity index (χ1v) is 11.5. The molecule has 4 rings (SSSR count). The van der Waals surface area contributed by atoms with Crippen LogP contribution in [0.25, 0.3) is 17.5 Å². The fourth-order valence-electron chi connectivity index (χ4n) is 3.46. The van der Waals surface area contributed by atoms with E-state index in [-0.39, 0.29) is 4.90 Å². The van der Waals surface area contributed by atoms with E-state index in [0.717, 1.165) is 17.1 Å². The highest BCUT2D eigenvalue weighted by atomic mass is 32.2. The van der Waals surface area contributed by atoms with Crippen molar-refractivity contribution in [3.8, 4) is 11.3 Å². The molecule has 3 heterocycles. The first-order valence-electron chi connectivity index (χ1n) is 10.1. The summed E-state index contributed by atoms with van der Waals surface area (Å²) in [5.74, 6) is 0.727. The number of hydrogen-bond donors (Lipinski definition) is 1. The van der Waals surface area contributed by atoms with Gasteiger partial charge in [-0.1, -0.05) is 6.07 Å². The SMILES string of the molecule is C=N/C=C\n1c(-c2cnn(C)c2)cnc1CNc1cccc(S(=O)(=O)N2CCOCC2)c1. The fraction of sp³-hybridized carbons (Fsp3) is 0.286. The van der Waals surface area contributed by atoms with Crippen LogP contribution in [0.3, 0.4) is 0 Å². The molecule has 0 unspecified atom stereocenters. The normalized spacial score (nSPS) is 15.3. The molecular formula is C21H25N7O3S. The maximum absolute atomic E-state index is 12.9. The minimum Gasteiger partial charge on any atom is -0.379 e. The third kappa shape index (κ3) is 4.64. The largest absolute Gasteiger partial charge is 0.379 e. The number of aliphatic imine (C=N–C) groups is 1. The number of benzene rings is 1. The van der Waals surface area contributed by atoms with Gasteiger partial charge in [0.15, 0.2) is 0 Å². The Kier molecular flexibility index (Phi) is 6.49. The van der Waals surface area contributed by atoms with Crippen molar-refractivity contribution in [1.82, 2.24) is 23.6 Å². The molecule has 168 valence electrons. The van der Waals surface area contributed by atoms with E-state index in [9.17, 15) is 8.42 Å². The Labute approximate surface area is 186 Å². The van der Waals surface area contributed by atoms with E-state index in [1.165, 1.54) is 4.31 Å². The van der Waals surface area contributed by atoms with Gasteiger partial charge in [0.25, 0.3) is 0 Å². The Morgan fingerprint density at radius 2 is 2.09 bits per heavy atom. The van der Waals surface area contributed by atoms with Gasteiger partial charge < -0.3 is 10.1 Å². The molecule has 1 fully saturated rings. The minimum atomic E-state index is -3.56. The van der Waals surface area contributed by atoms with Crippen molar-refractivity contribution in [1.29, 1.82) is 0 Å². The van der Waals surface area contributed by atoms with E-state index in [2.05, 4.69) is 27.1 Å². The first-order chi connectivity index (χ1) is 15.5. The summed E-state index contributed by atoms with van der Waals surface area (Å²) in [6.07, 6.45) is 8.79. The molecule has 0 spiro atoms. The molecule has 0 aliphatic carbocycles. The van der Waals surface area contributed by atoms with Gasteiger partial charge in [-0.25, -0.2) is 13.4 Å². The van der Waals surface area contributed by atoms with Gasteiger partial charge in [0, 0.05) is 50.0 Å². The number of imidazole rings is 1. The van der Waals surface area contributed by atoms with Crippen LogP contribution in [0.2, 0.25) is 0 Å². The Bertz CT molecular complexity index is 1220. The van der Waals surface area contributed by atoms with Crippen LogP contribution in [0, 0.1) is 0 Å². The summed E-state index contributed by atoms with van der Waals surface area (Å²) >= 11 is 0. The molecule has 1 saturated heterocycles. The summed E-state index contributed by atoms with van der Waals surface area (Å²) in [6.45, 7) is 5.40. The summed E-state index contributed by atoms with van der Waals surface area (Å²) in [4.78, 5) is 8.57. The minimum absolute atomic E-state index is 0.250. The number of hydrogen-bond acceptors (Lipinski definition) is 7. The van der Waals surface area contributed by atoms with Crippen LogP contribution in [-0.4, -0.2) is 65.1 Å². The smallest absolute Gasteiger partial charge is 0.243 e. The van der Waals surface area contributed by atoms with Gasteiger partial charge in [-0.05, 0) is 24.9 Å². The Hall–Kier alpha value is -3.28. The van der Waals surface area contributed by atoms with Gasteiger partial charge in [0.2, 0.25) is 10.0 Å². The topological polar surface area (TPSA) is 107 Å². The number of sulfonamides is 1. The highest BCUT2D eigenvalue weighted by Crippen LogP contribution is 2.23. The van der Waals surface area contributed by atoms with Crippen LogP contribution in [0.15, 0.2) is 58.9 Å². The van der Waals surface area contributed by atoms with Crippen LogP contribution in [0.5, 0.6) is 0 Å². The molecule has 1 aliphatic rings. The van der Waals surface area contributed by atoms with Crippen molar-refractivity contribution < 1.29 is 13.2 Å². The molecule has 0 amide bonds. The summed E-state index contributed by atoms with van der Waals surface area (Å²) in [5.41, 5.74) is 2.46. The van der Waals surface area contributed by atoms with Crippen molar-refractivity contribution >= 4 is 28.6 Å². The van der Waals surface area contributed by atoms with Crippen LogP contribution < -0.4 is 5.32 Å². The number of morpholine rings is 1. The molecule has 1 aliphatic heterocycles. The molecule has 3 aromatic rings. The average Bonchev–Trinajstić information content (AvgIpc) is 3.42. The number of anilines is 1. The number of ether oxygens (including phenoxy) is 1. The highest BCUT2D eigenvalue weighted by Gasteiger charge is 2.26. The second-order valence-corrected chi connectivity index (χ2v) is 9.15. The molecule has 32 heavy (non-hydrogen) atoms. The van der Waals surface area contributed by atoms with Crippen molar-refractivity contribution in [2.24, 2.45) is 12.0 Å². The number of aryl methyl sites for hydroxylation is 1. The van der Waals surface area contributed by atoms with Gasteiger partial charge in [-0.15, -0.1) is 0 Å². The van der Waals surface area contributed by atoms with Gasteiger partial charge in [-0.2, -0.15) is 9.40 Å². The molecule has 1 aromatic carbocycles. The lowest BCUT2D eigenvalue weighted by atomic mass is 10.3. The predicted octanol–water partition coefficient (Wildman–Crippen LogP) is 2.05.